The third-order valence-electron chi connectivity index (χ3n) is 3.57. The maximum absolute atomic E-state index is 11.3. The molecule has 0 heterocycles. The highest BCUT2D eigenvalue weighted by molar-refractivity contribution is 5.79. The van der Waals surface area contributed by atoms with Gasteiger partial charge in [-0.25, -0.2) is 0 Å². The summed E-state index contributed by atoms with van der Waals surface area (Å²) in [5.74, 6) is 0.337. The van der Waals surface area contributed by atoms with E-state index in [9.17, 15) is 4.79 Å². The summed E-state index contributed by atoms with van der Waals surface area (Å²) in [5, 5.41) is 8.98. The van der Waals surface area contributed by atoms with Gasteiger partial charge in [-0.2, -0.15) is 5.26 Å². The molecular weight excluding hydrogens is 198 g/mol. The zero-order chi connectivity index (χ0) is 11.4. The van der Waals surface area contributed by atoms with Crippen molar-refractivity contribution in [1.29, 1.82) is 5.26 Å². The number of benzene rings is 1. The SMILES string of the molecule is N#CCC1(c2ccccc2)CCC(=O)CC1. The van der Waals surface area contributed by atoms with E-state index >= 15 is 0 Å². The van der Waals surface area contributed by atoms with Gasteiger partial charge >= 0.3 is 0 Å². The van der Waals surface area contributed by atoms with E-state index in [1.165, 1.54) is 5.56 Å². The first kappa shape index (κ1) is 10.9. The van der Waals surface area contributed by atoms with Crippen molar-refractivity contribution < 1.29 is 4.79 Å². The van der Waals surface area contributed by atoms with Gasteiger partial charge in [0.05, 0.1) is 6.07 Å². The standard InChI is InChI=1S/C14H15NO/c15-11-10-14(8-6-13(16)7-9-14)12-4-2-1-3-5-12/h1-5H,6-10H2. The number of carbonyl (C=O) groups excluding carboxylic acids is 1. The van der Waals surface area contributed by atoms with Gasteiger partial charge in [0.15, 0.2) is 0 Å². The van der Waals surface area contributed by atoms with Crippen LogP contribution in [0.5, 0.6) is 0 Å². The van der Waals surface area contributed by atoms with Crippen molar-refractivity contribution in [2.45, 2.75) is 37.5 Å². The molecule has 0 unspecified atom stereocenters. The Kier molecular flexibility index (Phi) is 3.05. The van der Waals surface area contributed by atoms with Gasteiger partial charge in [0.1, 0.15) is 5.78 Å². The van der Waals surface area contributed by atoms with E-state index in [0.29, 0.717) is 25.0 Å². The van der Waals surface area contributed by atoms with Crippen molar-refractivity contribution in [1.82, 2.24) is 0 Å². The minimum Gasteiger partial charge on any atom is -0.300 e. The van der Waals surface area contributed by atoms with Gasteiger partial charge in [-0.15, -0.1) is 0 Å². The van der Waals surface area contributed by atoms with Crippen LogP contribution in [0.1, 0.15) is 37.7 Å². The number of nitriles is 1. The molecule has 0 saturated heterocycles. The van der Waals surface area contributed by atoms with Crippen molar-refractivity contribution in [3.05, 3.63) is 35.9 Å². The van der Waals surface area contributed by atoms with Gasteiger partial charge in [-0.05, 0) is 18.4 Å². The van der Waals surface area contributed by atoms with Gasteiger partial charge in [0, 0.05) is 24.7 Å². The van der Waals surface area contributed by atoms with Crippen molar-refractivity contribution >= 4 is 5.78 Å². The molecule has 2 heteroatoms. The largest absolute Gasteiger partial charge is 0.300 e. The second kappa shape index (κ2) is 4.49. The molecule has 0 radical (unpaired) electrons. The Hall–Kier alpha value is -1.62. The van der Waals surface area contributed by atoms with Gasteiger partial charge in [-0.1, -0.05) is 30.3 Å². The molecule has 16 heavy (non-hydrogen) atoms. The molecule has 2 nitrogen and oxygen atoms in total. The lowest BCUT2D eigenvalue weighted by Gasteiger charge is -2.35. The summed E-state index contributed by atoms with van der Waals surface area (Å²) in [6, 6.07) is 12.4. The molecule has 0 aliphatic heterocycles. The first-order chi connectivity index (χ1) is 7.77. The van der Waals surface area contributed by atoms with Crippen LogP contribution in [0.15, 0.2) is 30.3 Å². The molecular formula is C14H15NO. The molecule has 2 rings (SSSR count). The second-order valence-electron chi connectivity index (χ2n) is 4.52. The molecule has 1 fully saturated rings. The van der Waals surface area contributed by atoms with Crippen molar-refractivity contribution in [3.63, 3.8) is 0 Å². The molecule has 0 atom stereocenters. The third-order valence-corrected chi connectivity index (χ3v) is 3.57. The van der Waals surface area contributed by atoms with Crippen molar-refractivity contribution in [2.24, 2.45) is 0 Å². The number of rotatable bonds is 2. The zero-order valence-corrected chi connectivity index (χ0v) is 9.28. The molecule has 0 N–H and O–H groups in total. The minimum absolute atomic E-state index is 0.0794. The van der Waals surface area contributed by atoms with Crippen molar-refractivity contribution in [3.8, 4) is 6.07 Å². The van der Waals surface area contributed by atoms with E-state index in [0.717, 1.165) is 12.8 Å². The molecule has 0 bridgehead atoms. The summed E-state index contributed by atoms with van der Waals surface area (Å²) in [5.41, 5.74) is 1.13. The fourth-order valence-electron chi connectivity index (χ4n) is 2.52. The Bertz CT molecular complexity index is 406. The first-order valence-corrected chi connectivity index (χ1v) is 5.71. The van der Waals surface area contributed by atoms with Crippen LogP contribution in [0.2, 0.25) is 0 Å². The Balaban J connectivity index is 2.30. The highest BCUT2D eigenvalue weighted by Crippen LogP contribution is 2.40. The van der Waals surface area contributed by atoms with Gasteiger partial charge < -0.3 is 0 Å². The molecule has 1 aromatic rings. The lowest BCUT2D eigenvalue weighted by atomic mass is 9.67. The van der Waals surface area contributed by atoms with Crippen LogP contribution in [0.3, 0.4) is 0 Å². The van der Waals surface area contributed by atoms with E-state index in [2.05, 4.69) is 18.2 Å². The highest BCUT2D eigenvalue weighted by atomic mass is 16.1. The maximum Gasteiger partial charge on any atom is 0.132 e. The third kappa shape index (κ3) is 1.99. The number of hydrogen-bond acceptors (Lipinski definition) is 2. The Morgan fingerprint density at radius 1 is 1.19 bits per heavy atom. The average Bonchev–Trinajstić information content (AvgIpc) is 2.34. The Morgan fingerprint density at radius 3 is 2.38 bits per heavy atom. The molecule has 0 spiro atoms. The summed E-state index contributed by atoms with van der Waals surface area (Å²) in [7, 11) is 0. The van der Waals surface area contributed by atoms with E-state index < -0.39 is 0 Å². The van der Waals surface area contributed by atoms with Crippen molar-refractivity contribution in [2.75, 3.05) is 0 Å². The van der Waals surface area contributed by atoms with Crippen LogP contribution in [0, 0.1) is 11.3 Å². The predicted octanol–water partition coefficient (Wildman–Crippen LogP) is 2.98. The van der Waals surface area contributed by atoms with Crippen LogP contribution in [0.25, 0.3) is 0 Å². The number of carbonyl (C=O) groups is 1. The van der Waals surface area contributed by atoms with Gasteiger partial charge in [0.2, 0.25) is 0 Å². The van der Waals surface area contributed by atoms with Crippen LogP contribution in [0.4, 0.5) is 0 Å². The second-order valence-corrected chi connectivity index (χ2v) is 4.52. The van der Waals surface area contributed by atoms with Crippen LogP contribution in [-0.2, 0) is 10.2 Å². The van der Waals surface area contributed by atoms with Gasteiger partial charge in [0.25, 0.3) is 0 Å². The summed E-state index contributed by atoms with van der Waals surface area (Å²) in [6.45, 7) is 0. The quantitative estimate of drug-likeness (QED) is 0.757. The maximum atomic E-state index is 11.3. The normalized spacial score (nSPS) is 19.1. The number of hydrogen-bond donors (Lipinski definition) is 0. The van der Waals surface area contributed by atoms with Gasteiger partial charge in [-0.3, -0.25) is 4.79 Å². The molecule has 1 aliphatic rings. The van der Waals surface area contributed by atoms with E-state index in [-0.39, 0.29) is 5.41 Å². The smallest absolute Gasteiger partial charge is 0.132 e. The lowest BCUT2D eigenvalue weighted by Crippen LogP contribution is -2.31. The Labute approximate surface area is 95.9 Å². The number of nitrogens with zero attached hydrogens (tertiary/aromatic N) is 1. The number of Topliss-reactive ketones (excluding diaryl/α,β-unsaturated/α-hetero) is 1. The van der Waals surface area contributed by atoms with Crippen LogP contribution in [-0.4, -0.2) is 5.78 Å². The first-order valence-electron chi connectivity index (χ1n) is 5.71. The topological polar surface area (TPSA) is 40.9 Å². The Morgan fingerprint density at radius 2 is 1.81 bits per heavy atom. The molecule has 1 saturated carbocycles. The van der Waals surface area contributed by atoms with E-state index in [4.69, 9.17) is 5.26 Å². The summed E-state index contributed by atoms with van der Waals surface area (Å²) in [4.78, 5) is 11.3. The fourth-order valence-corrected chi connectivity index (χ4v) is 2.52. The average molecular weight is 213 g/mol. The highest BCUT2D eigenvalue weighted by Gasteiger charge is 2.35. The van der Waals surface area contributed by atoms with Crippen LogP contribution >= 0.6 is 0 Å². The fraction of sp³-hybridized carbons (Fsp3) is 0.429. The van der Waals surface area contributed by atoms with E-state index in [1.54, 1.807) is 0 Å². The number of ketones is 1. The summed E-state index contributed by atoms with van der Waals surface area (Å²) < 4.78 is 0. The minimum atomic E-state index is -0.0794. The zero-order valence-electron chi connectivity index (χ0n) is 9.28. The molecule has 1 aromatic carbocycles. The van der Waals surface area contributed by atoms with Crippen LogP contribution < -0.4 is 0 Å². The molecule has 0 aromatic heterocycles. The lowest BCUT2D eigenvalue weighted by molar-refractivity contribution is -0.121. The summed E-state index contributed by atoms with van der Waals surface area (Å²) in [6.07, 6.45) is 3.41. The summed E-state index contributed by atoms with van der Waals surface area (Å²) >= 11 is 0. The predicted molar refractivity (Wildman–Crippen MR) is 61.8 cm³/mol. The monoisotopic (exact) mass is 213 g/mol. The molecule has 82 valence electrons. The molecule has 1 aliphatic carbocycles. The van der Waals surface area contributed by atoms with E-state index in [1.807, 2.05) is 18.2 Å². The molecule has 0 amide bonds.